The molecule has 0 bridgehead atoms. The predicted molar refractivity (Wildman–Crippen MR) is 131 cm³/mol. The summed E-state index contributed by atoms with van der Waals surface area (Å²) in [5.41, 5.74) is 0.531. The highest BCUT2D eigenvalue weighted by molar-refractivity contribution is 7.90. The molecule has 0 aromatic heterocycles. The van der Waals surface area contributed by atoms with Crippen LogP contribution in [0.1, 0.15) is 32.8 Å². The van der Waals surface area contributed by atoms with Gasteiger partial charge in [0.2, 0.25) is 11.8 Å². The number of halogens is 1. The summed E-state index contributed by atoms with van der Waals surface area (Å²) in [4.78, 5) is 27.9. The summed E-state index contributed by atoms with van der Waals surface area (Å²) in [6.45, 7) is 4.84. The van der Waals surface area contributed by atoms with Crippen LogP contribution in [0.3, 0.4) is 0 Å². The van der Waals surface area contributed by atoms with Gasteiger partial charge < -0.3 is 10.2 Å². The fourth-order valence-electron chi connectivity index (χ4n) is 3.44. The maximum atomic E-state index is 14.6. The third-order valence-corrected chi connectivity index (χ3v) is 6.96. The Hall–Kier alpha value is -2.98. The minimum Gasteiger partial charge on any atom is -0.352 e. The van der Waals surface area contributed by atoms with Gasteiger partial charge in [0.25, 0.3) is 0 Å². The summed E-state index contributed by atoms with van der Waals surface area (Å²) in [7, 11) is -1.60. The first kappa shape index (κ1) is 27.3. The lowest BCUT2D eigenvalue weighted by molar-refractivity contribution is -0.140. The van der Waals surface area contributed by atoms with Crippen molar-refractivity contribution in [2.24, 2.45) is 0 Å². The van der Waals surface area contributed by atoms with Gasteiger partial charge in [0, 0.05) is 26.7 Å². The van der Waals surface area contributed by atoms with Gasteiger partial charge in [-0.2, -0.15) is 12.7 Å². The van der Waals surface area contributed by atoms with E-state index in [0.717, 1.165) is 20.2 Å². The molecule has 0 saturated heterocycles. The highest BCUT2D eigenvalue weighted by atomic mass is 32.2. The van der Waals surface area contributed by atoms with E-state index in [1.165, 1.54) is 37.2 Å². The number of hydrogen-bond donors (Lipinski definition) is 1. The first-order valence-electron chi connectivity index (χ1n) is 11.1. The van der Waals surface area contributed by atoms with Crippen LogP contribution in [-0.2, 0) is 26.3 Å². The van der Waals surface area contributed by atoms with Gasteiger partial charge >= 0.3 is 10.2 Å². The largest absolute Gasteiger partial charge is 0.352 e. The van der Waals surface area contributed by atoms with Crippen molar-refractivity contribution in [2.45, 2.75) is 45.8 Å². The minimum absolute atomic E-state index is 0.0941. The number of rotatable bonds is 11. The molecule has 2 rings (SSSR count). The second-order valence-electron chi connectivity index (χ2n) is 8.34. The van der Waals surface area contributed by atoms with Crippen molar-refractivity contribution in [3.05, 3.63) is 66.0 Å². The molecular weight excluding hydrogens is 459 g/mol. The monoisotopic (exact) mass is 492 g/mol. The molecule has 0 aliphatic carbocycles. The maximum absolute atomic E-state index is 14.6. The third kappa shape index (κ3) is 6.77. The highest BCUT2D eigenvalue weighted by Gasteiger charge is 2.34. The SMILES string of the molecule is CC[C@H](C(=O)NC(C)C)N(Cc1ccccc1)C(=O)CN(c1ccccc1F)S(=O)(=O)N(C)C. The Morgan fingerprint density at radius 1 is 1.00 bits per heavy atom. The first-order valence-corrected chi connectivity index (χ1v) is 12.5. The zero-order chi connectivity index (χ0) is 25.5. The molecule has 2 aromatic carbocycles. The van der Waals surface area contributed by atoms with Gasteiger partial charge in [-0.25, -0.2) is 8.70 Å². The minimum atomic E-state index is -4.21. The average Bonchev–Trinajstić information content (AvgIpc) is 2.77. The van der Waals surface area contributed by atoms with E-state index in [1.807, 2.05) is 44.2 Å². The topological polar surface area (TPSA) is 90.0 Å². The molecule has 0 unspecified atom stereocenters. The van der Waals surface area contributed by atoms with Crippen molar-refractivity contribution >= 4 is 27.7 Å². The molecule has 2 aromatic rings. The molecular formula is C24H33FN4O4S. The smallest absolute Gasteiger partial charge is 0.304 e. The molecule has 186 valence electrons. The molecule has 1 atom stereocenters. The number of nitrogens with zero attached hydrogens (tertiary/aromatic N) is 3. The van der Waals surface area contributed by atoms with Gasteiger partial charge in [0.15, 0.2) is 0 Å². The van der Waals surface area contributed by atoms with E-state index in [9.17, 15) is 22.4 Å². The van der Waals surface area contributed by atoms with Crippen molar-refractivity contribution in [3.8, 4) is 0 Å². The standard InChI is InChI=1S/C24H33FN4O4S/c1-6-21(24(31)26-18(2)3)28(16-19-12-8-7-9-13-19)23(30)17-29(34(32,33)27(4)5)22-15-11-10-14-20(22)25/h7-15,18,21H,6,16-17H2,1-5H3,(H,26,31)/t21-/m1/s1. The van der Waals surface area contributed by atoms with Crippen LogP contribution < -0.4 is 9.62 Å². The van der Waals surface area contributed by atoms with Crippen LogP contribution in [0.15, 0.2) is 54.6 Å². The van der Waals surface area contributed by atoms with Gasteiger partial charge in [-0.3, -0.25) is 9.59 Å². The molecule has 0 aliphatic heterocycles. The Morgan fingerprint density at radius 3 is 2.12 bits per heavy atom. The number of para-hydroxylation sites is 1. The molecule has 10 heteroatoms. The number of hydrogen-bond acceptors (Lipinski definition) is 4. The van der Waals surface area contributed by atoms with Gasteiger partial charge in [-0.15, -0.1) is 0 Å². The number of carbonyl (C=O) groups excluding carboxylic acids is 2. The molecule has 0 fully saturated rings. The molecule has 1 N–H and O–H groups in total. The number of anilines is 1. The van der Waals surface area contributed by atoms with Crippen LogP contribution >= 0.6 is 0 Å². The van der Waals surface area contributed by atoms with Crippen LogP contribution in [0.2, 0.25) is 0 Å². The Labute approximate surface area is 201 Å². The molecule has 0 saturated carbocycles. The molecule has 0 heterocycles. The second-order valence-corrected chi connectivity index (χ2v) is 10.4. The van der Waals surface area contributed by atoms with Crippen LogP contribution in [0.5, 0.6) is 0 Å². The van der Waals surface area contributed by atoms with Crippen LogP contribution in [-0.4, -0.2) is 62.2 Å². The third-order valence-electron chi connectivity index (χ3n) is 5.15. The average molecular weight is 493 g/mol. The van der Waals surface area contributed by atoms with Gasteiger partial charge in [-0.05, 0) is 38.0 Å². The normalized spacial score (nSPS) is 12.5. The zero-order valence-electron chi connectivity index (χ0n) is 20.2. The van der Waals surface area contributed by atoms with Gasteiger partial charge in [0.1, 0.15) is 18.4 Å². The first-order chi connectivity index (χ1) is 16.0. The fourth-order valence-corrected chi connectivity index (χ4v) is 4.50. The summed E-state index contributed by atoms with van der Waals surface area (Å²) in [5, 5.41) is 2.82. The number of benzene rings is 2. The van der Waals surface area contributed by atoms with Crippen molar-refractivity contribution in [1.29, 1.82) is 0 Å². The van der Waals surface area contributed by atoms with Crippen LogP contribution in [0.25, 0.3) is 0 Å². The second kappa shape index (κ2) is 11.9. The lowest BCUT2D eigenvalue weighted by atomic mass is 10.1. The number of nitrogens with one attached hydrogen (secondary N) is 1. The van der Waals surface area contributed by atoms with E-state index in [4.69, 9.17) is 0 Å². The number of carbonyl (C=O) groups is 2. The van der Waals surface area contributed by atoms with Crippen molar-refractivity contribution < 1.29 is 22.4 Å². The molecule has 8 nitrogen and oxygen atoms in total. The Bertz CT molecular complexity index is 1080. The summed E-state index contributed by atoms with van der Waals surface area (Å²) in [6.07, 6.45) is 0.317. The lowest BCUT2D eigenvalue weighted by Crippen LogP contribution is -2.54. The van der Waals surface area contributed by atoms with E-state index in [-0.39, 0.29) is 24.2 Å². The fraction of sp³-hybridized carbons (Fsp3) is 0.417. The van der Waals surface area contributed by atoms with Crippen LogP contribution in [0, 0.1) is 5.82 Å². The quantitative estimate of drug-likeness (QED) is 0.522. The van der Waals surface area contributed by atoms with E-state index in [0.29, 0.717) is 6.42 Å². The highest BCUT2D eigenvalue weighted by Crippen LogP contribution is 2.24. The predicted octanol–water partition coefficient (Wildman–Crippen LogP) is 2.77. The summed E-state index contributed by atoms with van der Waals surface area (Å²) in [6, 6.07) is 13.5. The number of amides is 2. The van der Waals surface area contributed by atoms with Crippen molar-refractivity contribution in [2.75, 3.05) is 24.9 Å². The van der Waals surface area contributed by atoms with E-state index in [2.05, 4.69) is 5.32 Å². The van der Waals surface area contributed by atoms with Crippen molar-refractivity contribution in [3.63, 3.8) is 0 Å². The van der Waals surface area contributed by atoms with Gasteiger partial charge in [-0.1, -0.05) is 49.4 Å². The van der Waals surface area contributed by atoms with E-state index >= 15 is 0 Å². The van der Waals surface area contributed by atoms with E-state index < -0.39 is 34.5 Å². The summed E-state index contributed by atoms with van der Waals surface area (Å²) < 4.78 is 42.4. The summed E-state index contributed by atoms with van der Waals surface area (Å²) >= 11 is 0. The van der Waals surface area contributed by atoms with E-state index in [1.54, 1.807) is 6.92 Å². The van der Waals surface area contributed by atoms with Crippen molar-refractivity contribution in [1.82, 2.24) is 14.5 Å². The molecule has 34 heavy (non-hydrogen) atoms. The molecule has 0 spiro atoms. The van der Waals surface area contributed by atoms with Gasteiger partial charge in [0.05, 0.1) is 5.69 Å². The molecule has 0 aliphatic rings. The Kier molecular flexibility index (Phi) is 9.57. The zero-order valence-corrected chi connectivity index (χ0v) is 21.0. The van der Waals surface area contributed by atoms with Crippen LogP contribution in [0.4, 0.5) is 10.1 Å². The molecule has 0 radical (unpaired) electrons. The lowest BCUT2D eigenvalue weighted by Gasteiger charge is -2.34. The Morgan fingerprint density at radius 2 is 1.59 bits per heavy atom. The Balaban J connectivity index is 2.50. The molecule has 2 amide bonds. The summed E-state index contributed by atoms with van der Waals surface area (Å²) in [5.74, 6) is -1.74. The maximum Gasteiger partial charge on any atom is 0.304 e.